The summed E-state index contributed by atoms with van der Waals surface area (Å²) >= 11 is 0. The van der Waals surface area contributed by atoms with E-state index in [4.69, 9.17) is 9.47 Å². The molecular weight excluding hydrogens is 300 g/mol. The Morgan fingerprint density at radius 1 is 0.958 bits per heavy atom. The molecule has 0 aromatic heterocycles. The number of Topliss-reactive ketones (excluding diaryl/α,β-unsaturated/α-hetero) is 1. The first-order valence-electron chi connectivity index (χ1n) is 8.07. The van der Waals surface area contributed by atoms with Gasteiger partial charge in [-0.2, -0.15) is 0 Å². The minimum absolute atomic E-state index is 0.0357. The number of carbonyl (C=O) groups excluding carboxylic acids is 1. The van der Waals surface area contributed by atoms with Crippen LogP contribution in [0.3, 0.4) is 0 Å². The van der Waals surface area contributed by atoms with Crippen molar-refractivity contribution >= 4 is 16.6 Å². The zero-order valence-electron chi connectivity index (χ0n) is 13.4. The molecule has 3 aromatic carbocycles. The van der Waals surface area contributed by atoms with Gasteiger partial charge in [0.15, 0.2) is 11.6 Å². The second-order valence-electron chi connectivity index (χ2n) is 6.12. The summed E-state index contributed by atoms with van der Waals surface area (Å²) in [5.41, 5.74) is 1.59. The van der Waals surface area contributed by atoms with E-state index in [-0.39, 0.29) is 12.4 Å². The maximum atomic E-state index is 13.0. The fraction of sp³-hybridized carbons (Fsp3) is 0.190. The van der Waals surface area contributed by atoms with Gasteiger partial charge in [-0.05, 0) is 17.7 Å². The van der Waals surface area contributed by atoms with Gasteiger partial charge >= 0.3 is 0 Å². The molecule has 0 aliphatic carbocycles. The third-order valence-corrected chi connectivity index (χ3v) is 4.52. The quantitative estimate of drug-likeness (QED) is 0.675. The van der Waals surface area contributed by atoms with Crippen molar-refractivity contribution in [2.75, 3.05) is 6.61 Å². The van der Waals surface area contributed by atoms with Gasteiger partial charge in [0, 0.05) is 11.1 Å². The number of ether oxygens (including phenoxy) is 2. The summed E-state index contributed by atoms with van der Waals surface area (Å²) in [5, 5.41) is 2.00. The lowest BCUT2D eigenvalue weighted by molar-refractivity contribution is -0.157. The van der Waals surface area contributed by atoms with Gasteiger partial charge in [-0.1, -0.05) is 72.8 Å². The Kier molecular flexibility index (Phi) is 3.68. The molecule has 0 bridgehead atoms. The summed E-state index contributed by atoms with van der Waals surface area (Å²) in [6, 6.07) is 23.4. The molecule has 2 unspecified atom stereocenters. The number of carbonyl (C=O) groups is 1. The van der Waals surface area contributed by atoms with Gasteiger partial charge in [-0.25, -0.2) is 0 Å². The highest BCUT2D eigenvalue weighted by atomic mass is 16.7. The molecule has 4 rings (SSSR count). The van der Waals surface area contributed by atoms with E-state index in [9.17, 15) is 4.79 Å². The van der Waals surface area contributed by atoms with E-state index in [0.29, 0.717) is 5.56 Å². The maximum Gasteiger partial charge on any atom is 0.194 e. The number of benzene rings is 3. The molecule has 24 heavy (non-hydrogen) atoms. The molecule has 2 atom stereocenters. The Morgan fingerprint density at radius 3 is 2.50 bits per heavy atom. The number of fused-ring (bicyclic) bond motifs is 1. The summed E-state index contributed by atoms with van der Waals surface area (Å²) in [4.78, 5) is 13.0. The number of ketones is 1. The summed E-state index contributed by atoms with van der Waals surface area (Å²) in [5.74, 6) is -0.918. The lowest BCUT2D eigenvalue weighted by Crippen LogP contribution is -2.28. The van der Waals surface area contributed by atoms with E-state index < -0.39 is 11.9 Å². The smallest absolute Gasteiger partial charge is 0.194 e. The van der Waals surface area contributed by atoms with Gasteiger partial charge in [-0.15, -0.1) is 0 Å². The average molecular weight is 318 g/mol. The summed E-state index contributed by atoms with van der Waals surface area (Å²) in [7, 11) is 0. The summed E-state index contributed by atoms with van der Waals surface area (Å²) < 4.78 is 11.9. The molecule has 0 spiro atoms. The Bertz CT molecular complexity index is 882. The Labute approximate surface area is 140 Å². The highest BCUT2D eigenvalue weighted by Gasteiger charge is 2.42. The van der Waals surface area contributed by atoms with E-state index in [1.54, 1.807) is 0 Å². The van der Waals surface area contributed by atoms with Gasteiger partial charge in [0.2, 0.25) is 0 Å². The van der Waals surface area contributed by atoms with Crippen molar-refractivity contribution in [3.8, 4) is 0 Å². The number of rotatable bonds is 3. The van der Waals surface area contributed by atoms with Crippen LogP contribution in [-0.2, 0) is 15.3 Å². The fourth-order valence-electron chi connectivity index (χ4n) is 3.21. The standard InChI is InChI=1S/C21H18O3/c1-21(16-10-3-2-4-11-16)23-14-19(24-21)20(22)18-13-7-9-15-8-5-6-12-17(15)18/h2-13,19H,14H2,1H3. The predicted octanol–water partition coefficient (Wildman–Crippen LogP) is 4.31. The van der Waals surface area contributed by atoms with Crippen molar-refractivity contribution in [1.82, 2.24) is 0 Å². The second-order valence-corrected chi connectivity index (χ2v) is 6.12. The zero-order chi connectivity index (χ0) is 16.6. The van der Waals surface area contributed by atoms with Crippen LogP contribution in [-0.4, -0.2) is 18.5 Å². The van der Waals surface area contributed by atoms with Crippen LogP contribution in [0.15, 0.2) is 72.8 Å². The van der Waals surface area contributed by atoms with Crippen LogP contribution in [0.4, 0.5) is 0 Å². The molecular formula is C21H18O3. The molecule has 0 saturated carbocycles. The Hall–Kier alpha value is -2.49. The molecule has 1 aliphatic heterocycles. The molecule has 1 fully saturated rings. The predicted molar refractivity (Wildman–Crippen MR) is 92.9 cm³/mol. The molecule has 0 amide bonds. The van der Waals surface area contributed by atoms with E-state index in [0.717, 1.165) is 16.3 Å². The summed E-state index contributed by atoms with van der Waals surface area (Å²) in [6.07, 6.45) is -0.596. The fourth-order valence-corrected chi connectivity index (χ4v) is 3.21. The van der Waals surface area contributed by atoms with Crippen molar-refractivity contribution in [3.05, 3.63) is 83.9 Å². The molecule has 3 aromatic rings. The molecule has 1 saturated heterocycles. The van der Waals surface area contributed by atoms with Crippen molar-refractivity contribution in [2.45, 2.75) is 18.8 Å². The SMILES string of the molecule is CC1(c2ccccc2)OCC(C(=O)c2cccc3ccccc23)O1. The van der Waals surface area contributed by atoms with Crippen LogP contribution in [0.2, 0.25) is 0 Å². The first-order chi connectivity index (χ1) is 11.7. The van der Waals surface area contributed by atoms with Gasteiger partial charge in [-0.3, -0.25) is 4.79 Å². The highest BCUT2D eigenvalue weighted by Crippen LogP contribution is 2.35. The highest BCUT2D eigenvalue weighted by molar-refractivity contribution is 6.10. The lowest BCUT2D eigenvalue weighted by atomic mass is 9.99. The monoisotopic (exact) mass is 318 g/mol. The first-order valence-corrected chi connectivity index (χ1v) is 8.07. The van der Waals surface area contributed by atoms with Crippen molar-refractivity contribution in [3.63, 3.8) is 0 Å². The average Bonchev–Trinajstić information content (AvgIpc) is 3.05. The van der Waals surface area contributed by atoms with Crippen molar-refractivity contribution in [1.29, 1.82) is 0 Å². The number of hydrogen-bond acceptors (Lipinski definition) is 3. The van der Waals surface area contributed by atoms with E-state index >= 15 is 0 Å². The lowest BCUT2D eigenvalue weighted by Gasteiger charge is -2.23. The van der Waals surface area contributed by atoms with Crippen molar-refractivity contribution < 1.29 is 14.3 Å². The van der Waals surface area contributed by atoms with Crippen LogP contribution in [0.5, 0.6) is 0 Å². The molecule has 3 nitrogen and oxygen atoms in total. The molecule has 0 N–H and O–H groups in total. The minimum Gasteiger partial charge on any atom is -0.343 e. The second kappa shape index (κ2) is 5.86. The first kappa shape index (κ1) is 15.1. The van der Waals surface area contributed by atoms with Gasteiger partial charge in [0.1, 0.15) is 6.10 Å². The Morgan fingerprint density at radius 2 is 1.67 bits per heavy atom. The van der Waals surface area contributed by atoms with E-state index in [1.165, 1.54) is 0 Å². The third-order valence-electron chi connectivity index (χ3n) is 4.52. The normalized spacial score (nSPS) is 23.5. The molecule has 1 heterocycles. The van der Waals surface area contributed by atoms with Crippen LogP contribution in [0, 0.1) is 0 Å². The van der Waals surface area contributed by atoms with E-state index in [1.807, 2.05) is 79.7 Å². The third kappa shape index (κ3) is 2.52. The molecule has 0 radical (unpaired) electrons. The van der Waals surface area contributed by atoms with Gasteiger partial charge in [0.25, 0.3) is 0 Å². The molecule has 3 heteroatoms. The maximum absolute atomic E-state index is 13.0. The Balaban J connectivity index is 1.64. The molecule has 120 valence electrons. The van der Waals surface area contributed by atoms with Crippen LogP contribution in [0.25, 0.3) is 10.8 Å². The molecule has 1 aliphatic rings. The summed E-state index contributed by atoms with van der Waals surface area (Å²) in [6.45, 7) is 2.12. The minimum atomic E-state index is -0.883. The number of hydrogen-bond donors (Lipinski definition) is 0. The van der Waals surface area contributed by atoms with Gasteiger partial charge < -0.3 is 9.47 Å². The van der Waals surface area contributed by atoms with E-state index in [2.05, 4.69) is 0 Å². The topological polar surface area (TPSA) is 35.5 Å². The largest absolute Gasteiger partial charge is 0.343 e. The zero-order valence-corrected chi connectivity index (χ0v) is 13.4. The van der Waals surface area contributed by atoms with Crippen molar-refractivity contribution in [2.24, 2.45) is 0 Å². The van der Waals surface area contributed by atoms with Crippen LogP contribution in [0.1, 0.15) is 22.8 Å². The van der Waals surface area contributed by atoms with Crippen LogP contribution < -0.4 is 0 Å². The van der Waals surface area contributed by atoms with Gasteiger partial charge in [0.05, 0.1) is 6.61 Å². The van der Waals surface area contributed by atoms with Crippen LogP contribution >= 0.6 is 0 Å².